The lowest BCUT2D eigenvalue weighted by Crippen LogP contribution is -2.38. The monoisotopic (exact) mass is 570 g/mol. The van der Waals surface area contributed by atoms with Gasteiger partial charge in [-0.1, -0.05) is 35.9 Å². The molecule has 4 aromatic rings. The van der Waals surface area contributed by atoms with Crippen molar-refractivity contribution in [2.75, 3.05) is 30.4 Å². The van der Waals surface area contributed by atoms with Crippen LogP contribution in [0.4, 0.5) is 15.8 Å². The van der Waals surface area contributed by atoms with Crippen molar-refractivity contribution in [2.24, 2.45) is 0 Å². The summed E-state index contributed by atoms with van der Waals surface area (Å²) in [6, 6.07) is 22.3. The lowest BCUT2D eigenvalue weighted by molar-refractivity contribution is -0.114. The maximum absolute atomic E-state index is 14.8. The molecule has 39 heavy (non-hydrogen) atoms. The fraction of sp³-hybridized carbons (Fsp3) is 0.107. The molecule has 0 aromatic heterocycles. The average molecular weight is 571 g/mol. The quantitative estimate of drug-likeness (QED) is 0.247. The zero-order valence-corrected chi connectivity index (χ0v) is 22.5. The number of methoxy groups -OCH3 is 2. The molecular weight excluding hydrogens is 547 g/mol. The topological polar surface area (TPSA) is 94.2 Å². The zero-order chi connectivity index (χ0) is 28.0. The van der Waals surface area contributed by atoms with Crippen molar-refractivity contribution in [3.05, 3.63) is 102 Å². The average Bonchev–Trinajstić information content (AvgIpc) is 2.94. The molecule has 0 radical (unpaired) electrons. The molecule has 0 unspecified atom stereocenters. The number of nitrogens with one attached hydrogen (secondary N) is 1. The van der Waals surface area contributed by atoms with Gasteiger partial charge in [0.05, 0.1) is 30.5 Å². The summed E-state index contributed by atoms with van der Waals surface area (Å²) < 4.78 is 59.0. The van der Waals surface area contributed by atoms with Gasteiger partial charge in [-0.2, -0.15) is 0 Å². The van der Waals surface area contributed by atoms with Gasteiger partial charge < -0.3 is 19.5 Å². The molecule has 0 saturated carbocycles. The van der Waals surface area contributed by atoms with E-state index in [2.05, 4.69) is 5.32 Å². The minimum Gasteiger partial charge on any atom is -0.497 e. The van der Waals surface area contributed by atoms with Gasteiger partial charge >= 0.3 is 0 Å². The molecule has 202 valence electrons. The molecule has 1 N–H and O–H groups in total. The van der Waals surface area contributed by atoms with Crippen LogP contribution in [-0.4, -0.2) is 35.1 Å². The van der Waals surface area contributed by atoms with Gasteiger partial charge in [-0.15, -0.1) is 0 Å². The molecule has 0 saturated heterocycles. The highest BCUT2D eigenvalue weighted by molar-refractivity contribution is 7.92. The minimum atomic E-state index is -4.36. The van der Waals surface area contributed by atoms with E-state index in [4.69, 9.17) is 25.8 Å². The molecule has 0 aliphatic heterocycles. The van der Waals surface area contributed by atoms with E-state index in [9.17, 15) is 17.6 Å². The lowest BCUT2D eigenvalue weighted by Gasteiger charge is -2.25. The highest BCUT2D eigenvalue weighted by Gasteiger charge is 2.29. The van der Waals surface area contributed by atoms with Crippen molar-refractivity contribution >= 4 is 38.9 Å². The largest absolute Gasteiger partial charge is 0.497 e. The van der Waals surface area contributed by atoms with Crippen LogP contribution in [0.3, 0.4) is 0 Å². The number of carbonyl (C=O) groups excluding carboxylic acids is 1. The van der Waals surface area contributed by atoms with E-state index >= 15 is 0 Å². The zero-order valence-electron chi connectivity index (χ0n) is 20.9. The van der Waals surface area contributed by atoms with Crippen LogP contribution in [-0.2, 0) is 14.8 Å². The Morgan fingerprint density at radius 3 is 2.21 bits per heavy atom. The fourth-order valence-electron chi connectivity index (χ4n) is 3.66. The first-order valence-electron chi connectivity index (χ1n) is 11.5. The smallest absolute Gasteiger partial charge is 0.264 e. The Labute approximate surface area is 230 Å². The van der Waals surface area contributed by atoms with Crippen LogP contribution < -0.4 is 23.8 Å². The summed E-state index contributed by atoms with van der Waals surface area (Å²) in [6.45, 7) is -0.740. The van der Waals surface area contributed by atoms with Crippen LogP contribution in [0.1, 0.15) is 0 Å². The van der Waals surface area contributed by atoms with Gasteiger partial charge in [0.25, 0.3) is 10.0 Å². The van der Waals surface area contributed by atoms with Gasteiger partial charge in [0, 0.05) is 5.02 Å². The van der Waals surface area contributed by atoms with Crippen molar-refractivity contribution in [1.29, 1.82) is 0 Å². The highest BCUT2D eigenvalue weighted by Crippen LogP contribution is 2.36. The Bertz CT molecular complexity index is 1580. The van der Waals surface area contributed by atoms with E-state index in [-0.39, 0.29) is 22.0 Å². The van der Waals surface area contributed by atoms with E-state index in [0.29, 0.717) is 26.6 Å². The van der Waals surface area contributed by atoms with Crippen molar-refractivity contribution < 1.29 is 31.8 Å². The molecule has 1 amide bonds. The first-order chi connectivity index (χ1) is 18.7. The second-order valence-electron chi connectivity index (χ2n) is 8.08. The summed E-state index contributed by atoms with van der Waals surface area (Å²) >= 11 is 6.16. The van der Waals surface area contributed by atoms with Crippen LogP contribution in [0, 0.1) is 5.82 Å². The molecule has 8 nitrogen and oxygen atoms in total. The second-order valence-corrected chi connectivity index (χ2v) is 10.4. The maximum atomic E-state index is 14.8. The molecule has 0 heterocycles. The summed E-state index contributed by atoms with van der Waals surface area (Å²) in [4.78, 5) is 13.1. The van der Waals surface area contributed by atoms with E-state index < -0.39 is 28.3 Å². The number of sulfonamides is 1. The Morgan fingerprint density at radius 1 is 0.872 bits per heavy atom. The molecule has 0 aliphatic carbocycles. The van der Waals surface area contributed by atoms with Crippen molar-refractivity contribution in [3.8, 4) is 23.0 Å². The molecule has 4 aromatic carbocycles. The highest BCUT2D eigenvalue weighted by atomic mass is 35.5. The van der Waals surface area contributed by atoms with Crippen molar-refractivity contribution in [3.63, 3.8) is 0 Å². The first-order valence-corrected chi connectivity index (χ1v) is 13.4. The standard InChI is InChI=1S/C28H24ClFN2O6S/c1-36-20-12-14-21(15-13-20)39(34,35)32(24-8-4-3-7-22(24)30)18-28(33)31-23-17-19(29)11-16-25(23)38-27-10-6-5-9-26(27)37-2/h3-17H,18H2,1-2H3,(H,31,33). The van der Waals surface area contributed by atoms with Gasteiger partial charge in [0.2, 0.25) is 5.91 Å². The Hall–Kier alpha value is -4.28. The maximum Gasteiger partial charge on any atom is 0.264 e. The van der Waals surface area contributed by atoms with Crippen LogP contribution in [0.25, 0.3) is 0 Å². The van der Waals surface area contributed by atoms with Gasteiger partial charge in [-0.25, -0.2) is 12.8 Å². The SMILES string of the molecule is COc1ccc(S(=O)(=O)N(CC(=O)Nc2cc(Cl)ccc2Oc2ccccc2OC)c2ccccc2F)cc1. The molecule has 0 bridgehead atoms. The number of ether oxygens (including phenoxy) is 3. The number of para-hydroxylation sites is 3. The summed E-state index contributed by atoms with van der Waals surface area (Å²) in [5.41, 5.74) is -0.117. The molecule has 0 spiro atoms. The minimum absolute atomic E-state index is 0.151. The third-order valence-corrected chi connectivity index (χ3v) is 7.57. The third kappa shape index (κ3) is 6.42. The van der Waals surface area contributed by atoms with E-state index in [0.717, 1.165) is 6.07 Å². The summed E-state index contributed by atoms with van der Waals surface area (Å²) in [6.07, 6.45) is 0. The Balaban J connectivity index is 1.66. The fourth-order valence-corrected chi connectivity index (χ4v) is 5.26. The summed E-state index contributed by atoms with van der Waals surface area (Å²) in [7, 11) is -1.42. The number of anilines is 2. The van der Waals surface area contributed by atoms with E-state index in [1.54, 1.807) is 36.4 Å². The van der Waals surface area contributed by atoms with E-state index in [1.807, 2.05) is 0 Å². The number of nitrogens with zero attached hydrogens (tertiary/aromatic N) is 1. The molecule has 0 fully saturated rings. The third-order valence-electron chi connectivity index (χ3n) is 5.56. The van der Waals surface area contributed by atoms with Gasteiger partial charge in [0.1, 0.15) is 18.1 Å². The number of amides is 1. The predicted molar refractivity (Wildman–Crippen MR) is 147 cm³/mol. The summed E-state index contributed by atoms with van der Waals surface area (Å²) in [5, 5.41) is 2.93. The number of carbonyl (C=O) groups is 1. The lowest BCUT2D eigenvalue weighted by atomic mass is 10.2. The molecule has 0 atom stereocenters. The first kappa shape index (κ1) is 27.7. The van der Waals surface area contributed by atoms with Crippen molar-refractivity contribution in [2.45, 2.75) is 4.90 Å². The number of halogens is 2. The van der Waals surface area contributed by atoms with Gasteiger partial charge in [0.15, 0.2) is 17.2 Å². The van der Waals surface area contributed by atoms with Crippen LogP contribution in [0.5, 0.6) is 23.0 Å². The molecule has 0 aliphatic rings. The predicted octanol–water partition coefficient (Wildman–Crippen LogP) is 6.12. The van der Waals surface area contributed by atoms with Crippen molar-refractivity contribution in [1.82, 2.24) is 0 Å². The number of benzene rings is 4. The molecule has 4 rings (SSSR count). The normalized spacial score (nSPS) is 11.0. The molecular formula is C28H24ClFN2O6S. The second kappa shape index (κ2) is 12.1. The Morgan fingerprint density at radius 2 is 1.54 bits per heavy atom. The van der Waals surface area contributed by atoms with Gasteiger partial charge in [-0.05, 0) is 66.7 Å². The van der Waals surface area contributed by atoms with Crippen LogP contribution >= 0.6 is 11.6 Å². The number of hydrogen-bond donors (Lipinski definition) is 1. The number of rotatable bonds is 10. The van der Waals surface area contributed by atoms with Crippen LogP contribution in [0.15, 0.2) is 95.9 Å². The van der Waals surface area contributed by atoms with E-state index in [1.165, 1.54) is 62.8 Å². The van der Waals surface area contributed by atoms with Gasteiger partial charge in [-0.3, -0.25) is 9.10 Å². The molecule has 11 heteroatoms. The number of hydrogen-bond acceptors (Lipinski definition) is 6. The Kier molecular flexibility index (Phi) is 8.58. The van der Waals surface area contributed by atoms with Crippen LogP contribution in [0.2, 0.25) is 5.02 Å². The summed E-state index contributed by atoms with van der Waals surface area (Å²) in [5.74, 6) is -0.0675.